The molecule has 1 N–H and O–H groups in total. The third kappa shape index (κ3) is 1.91. The van der Waals surface area contributed by atoms with Crippen LogP contribution in [0.3, 0.4) is 0 Å². The molecule has 1 aromatic heterocycles. The molecule has 0 saturated heterocycles. The summed E-state index contributed by atoms with van der Waals surface area (Å²) in [5.41, 5.74) is 4.83. The van der Waals surface area contributed by atoms with E-state index in [4.69, 9.17) is 28.8 Å². The van der Waals surface area contributed by atoms with E-state index in [1.165, 1.54) is 0 Å². The van der Waals surface area contributed by atoms with Crippen molar-refractivity contribution in [3.63, 3.8) is 0 Å². The predicted octanol–water partition coefficient (Wildman–Crippen LogP) is 4.51. The summed E-state index contributed by atoms with van der Waals surface area (Å²) in [7, 11) is 0. The van der Waals surface area contributed by atoms with E-state index in [0.29, 0.717) is 4.77 Å². The molecular weight excluding hydrogens is 290 g/mol. The number of halogens is 1. The fourth-order valence-corrected chi connectivity index (χ4v) is 3.18. The summed E-state index contributed by atoms with van der Waals surface area (Å²) >= 11 is 11.4. The number of aromatic nitrogens is 2. The van der Waals surface area contributed by atoms with Gasteiger partial charge in [-0.1, -0.05) is 17.7 Å². The maximum Gasteiger partial charge on any atom is 0.196 e. The quantitative estimate of drug-likeness (QED) is 0.787. The molecule has 1 aliphatic rings. The number of aliphatic imine (C=N–C) groups is 1. The Morgan fingerprint density at radius 1 is 1.30 bits per heavy atom. The third-order valence-electron chi connectivity index (χ3n) is 3.71. The Labute approximate surface area is 127 Å². The van der Waals surface area contributed by atoms with Crippen molar-refractivity contribution in [2.24, 2.45) is 4.99 Å². The van der Waals surface area contributed by atoms with Gasteiger partial charge in [0.25, 0.3) is 0 Å². The van der Waals surface area contributed by atoms with Crippen molar-refractivity contribution in [1.82, 2.24) is 9.97 Å². The normalized spacial score (nSPS) is 15.9. The van der Waals surface area contributed by atoms with Gasteiger partial charge in [0.1, 0.15) is 0 Å². The van der Waals surface area contributed by atoms with E-state index in [9.17, 15) is 0 Å². The molecule has 3 nitrogen and oxygen atoms in total. The van der Waals surface area contributed by atoms with Gasteiger partial charge in [0.2, 0.25) is 0 Å². The molecule has 0 amide bonds. The van der Waals surface area contributed by atoms with Gasteiger partial charge < -0.3 is 4.98 Å². The molecule has 0 atom stereocenters. The molecule has 0 aliphatic carbocycles. The van der Waals surface area contributed by atoms with Gasteiger partial charge in [-0.25, -0.2) is 4.98 Å². The summed E-state index contributed by atoms with van der Waals surface area (Å²) in [4.78, 5) is 11.9. The van der Waals surface area contributed by atoms with Gasteiger partial charge in [-0.15, -0.1) is 0 Å². The van der Waals surface area contributed by atoms with Gasteiger partial charge in [0.05, 0.1) is 11.4 Å². The Hall–Kier alpha value is -1.52. The minimum absolute atomic E-state index is 0.253. The van der Waals surface area contributed by atoms with E-state index in [-0.39, 0.29) is 5.41 Å². The number of benzene rings is 1. The second-order valence-electron chi connectivity index (χ2n) is 5.48. The molecule has 5 heteroatoms. The van der Waals surface area contributed by atoms with E-state index in [2.05, 4.69) is 23.8 Å². The maximum absolute atomic E-state index is 6.39. The number of rotatable bonds is 1. The summed E-state index contributed by atoms with van der Waals surface area (Å²) in [6.07, 6.45) is 3.61. The monoisotopic (exact) mass is 303 g/mol. The summed E-state index contributed by atoms with van der Waals surface area (Å²) in [5.74, 6) is 0. The van der Waals surface area contributed by atoms with Crippen LogP contribution >= 0.6 is 23.8 Å². The van der Waals surface area contributed by atoms with Crippen LogP contribution in [0.2, 0.25) is 5.02 Å². The van der Waals surface area contributed by atoms with E-state index in [1.807, 2.05) is 25.3 Å². The van der Waals surface area contributed by atoms with Crippen molar-refractivity contribution in [2.45, 2.75) is 26.2 Å². The van der Waals surface area contributed by atoms with Gasteiger partial charge in [-0.2, -0.15) is 0 Å². The van der Waals surface area contributed by atoms with Crippen LogP contribution in [-0.2, 0) is 5.41 Å². The van der Waals surface area contributed by atoms with Crippen molar-refractivity contribution in [3.05, 3.63) is 51.0 Å². The molecule has 20 heavy (non-hydrogen) atoms. The number of aryl methyl sites for hydroxylation is 1. The van der Waals surface area contributed by atoms with Crippen LogP contribution in [0.1, 0.15) is 30.5 Å². The maximum atomic E-state index is 6.39. The highest BCUT2D eigenvalue weighted by Crippen LogP contribution is 2.46. The number of hydrogen-bond donors (Lipinski definition) is 1. The molecule has 0 saturated carbocycles. The first-order valence-corrected chi connectivity index (χ1v) is 7.14. The number of H-pyrrole nitrogens is 1. The second kappa shape index (κ2) is 4.50. The van der Waals surface area contributed by atoms with Crippen LogP contribution in [0.25, 0.3) is 0 Å². The first kappa shape index (κ1) is 13.5. The molecule has 0 fully saturated rings. The van der Waals surface area contributed by atoms with Gasteiger partial charge >= 0.3 is 0 Å². The van der Waals surface area contributed by atoms with Crippen molar-refractivity contribution in [3.8, 4) is 0 Å². The summed E-state index contributed by atoms with van der Waals surface area (Å²) in [6.45, 7) is 6.31. The first-order chi connectivity index (χ1) is 9.41. The third-order valence-corrected chi connectivity index (χ3v) is 4.25. The minimum Gasteiger partial charge on any atom is -0.337 e. The van der Waals surface area contributed by atoms with Gasteiger partial charge in [0.15, 0.2) is 4.77 Å². The highest BCUT2D eigenvalue weighted by molar-refractivity contribution is 7.71. The zero-order valence-corrected chi connectivity index (χ0v) is 13.1. The van der Waals surface area contributed by atoms with Gasteiger partial charge in [-0.3, -0.25) is 4.99 Å². The molecule has 0 bridgehead atoms. The molecule has 2 heterocycles. The Kier molecular flexibility index (Phi) is 3.03. The SMILES string of the molecule is Cc1ccc(Cl)c2c1N=C(c1cnc(=S)[nH]c1)C2(C)C. The van der Waals surface area contributed by atoms with Crippen LogP contribution in [-0.4, -0.2) is 15.7 Å². The van der Waals surface area contributed by atoms with E-state index in [0.717, 1.165) is 33.1 Å². The Morgan fingerprint density at radius 3 is 2.65 bits per heavy atom. The summed E-state index contributed by atoms with van der Waals surface area (Å²) in [5, 5.41) is 0.756. The topological polar surface area (TPSA) is 41.0 Å². The smallest absolute Gasteiger partial charge is 0.196 e. The average molecular weight is 304 g/mol. The molecule has 3 rings (SSSR count). The largest absolute Gasteiger partial charge is 0.337 e. The highest BCUT2D eigenvalue weighted by Gasteiger charge is 2.38. The minimum atomic E-state index is -0.253. The van der Waals surface area contributed by atoms with Crippen LogP contribution < -0.4 is 0 Å². The summed E-state index contributed by atoms with van der Waals surface area (Å²) < 4.78 is 0.469. The average Bonchev–Trinajstić information content (AvgIpc) is 2.68. The predicted molar refractivity (Wildman–Crippen MR) is 84.8 cm³/mol. The number of nitrogens with one attached hydrogen (secondary N) is 1. The number of nitrogens with zero attached hydrogens (tertiary/aromatic N) is 2. The van der Waals surface area contributed by atoms with Crippen molar-refractivity contribution < 1.29 is 0 Å². The van der Waals surface area contributed by atoms with Crippen molar-refractivity contribution in [2.75, 3.05) is 0 Å². The molecule has 0 unspecified atom stereocenters. The standard InChI is InChI=1S/C15H14ClN3S/c1-8-4-5-10(16)11-12(8)19-13(15(11,2)3)9-6-17-14(20)18-7-9/h4-7H,1-3H3,(H,17,18,20). The lowest BCUT2D eigenvalue weighted by molar-refractivity contribution is 0.736. The molecule has 2 aromatic rings. The van der Waals surface area contributed by atoms with Crippen LogP contribution in [0, 0.1) is 11.7 Å². The lowest BCUT2D eigenvalue weighted by Crippen LogP contribution is -2.27. The first-order valence-electron chi connectivity index (χ1n) is 6.35. The zero-order valence-electron chi connectivity index (χ0n) is 11.5. The molecule has 0 radical (unpaired) electrons. The fourth-order valence-electron chi connectivity index (χ4n) is 2.68. The lowest BCUT2D eigenvalue weighted by Gasteiger charge is -2.23. The Bertz CT molecular complexity index is 770. The zero-order chi connectivity index (χ0) is 14.5. The second-order valence-corrected chi connectivity index (χ2v) is 6.27. The summed E-state index contributed by atoms with van der Waals surface area (Å²) in [6, 6.07) is 3.94. The number of aromatic amines is 1. The Morgan fingerprint density at radius 2 is 2.05 bits per heavy atom. The van der Waals surface area contributed by atoms with Crippen LogP contribution in [0.5, 0.6) is 0 Å². The number of fused-ring (bicyclic) bond motifs is 1. The Balaban J connectivity index is 2.23. The van der Waals surface area contributed by atoms with E-state index in [1.54, 1.807) is 6.20 Å². The molecule has 1 aromatic carbocycles. The van der Waals surface area contributed by atoms with Gasteiger partial charge in [-0.05, 0) is 44.6 Å². The molecule has 102 valence electrons. The fraction of sp³-hybridized carbons (Fsp3) is 0.267. The number of hydrogen-bond acceptors (Lipinski definition) is 3. The van der Waals surface area contributed by atoms with Gasteiger partial charge in [0, 0.05) is 34.0 Å². The molecule has 1 aliphatic heterocycles. The van der Waals surface area contributed by atoms with E-state index < -0.39 is 0 Å². The van der Waals surface area contributed by atoms with Crippen molar-refractivity contribution >= 4 is 35.2 Å². The van der Waals surface area contributed by atoms with Crippen LogP contribution in [0.4, 0.5) is 5.69 Å². The van der Waals surface area contributed by atoms with E-state index >= 15 is 0 Å². The molecule has 0 spiro atoms. The van der Waals surface area contributed by atoms with Crippen LogP contribution in [0.15, 0.2) is 29.5 Å². The molecular formula is C15H14ClN3S. The lowest BCUT2D eigenvalue weighted by atomic mass is 9.79. The van der Waals surface area contributed by atoms with Crippen molar-refractivity contribution in [1.29, 1.82) is 0 Å². The highest BCUT2D eigenvalue weighted by atomic mass is 35.5.